The molecule has 0 aliphatic heterocycles. The van der Waals surface area contributed by atoms with Gasteiger partial charge in [0, 0.05) is 10.6 Å². The average molecular weight is 353 g/mol. The molecular formula is C12H9ClN6OS2. The largest absolute Gasteiger partial charge is 0.299 e. The molecule has 0 fully saturated rings. The fourth-order valence-corrected chi connectivity index (χ4v) is 2.60. The van der Waals surface area contributed by atoms with E-state index >= 15 is 0 Å². The van der Waals surface area contributed by atoms with E-state index in [1.54, 1.807) is 16.7 Å². The lowest BCUT2D eigenvalue weighted by molar-refractivity contribution is -0.116. The molecule has 3 rings (SSSR count). The van der Waals surface area contributed by atoms with Crippen LogP contribution in [-0.2, 0) is 11.3 Å². The maximum absolute atomic E-state index is 12.1. The zero-order chi connectivity index (χ0) is 15.5. The second kappa shape index (κ2) is 6.34. The minimum absolute atomic E-state index is 0.0207. The summed E-state index contributed by atoms with van der Waals surface area (Å²) in [7, 11) is 0. The number of halogens is 1. The number of H-pyrrole nitrogens is 1. The Hall–Kier alpha value is -2.10. The third-order valence-corrected chi connectivity index (χ3v) is 3.94. The number of hydrogen-bond acceptors (Lipinski definition) is 6. The Balaban J connectivity index is 1.84. The summed E-state index contributed by atoms with van der Waals surface area (Å²) in [5.41, 5.74) is 2.35. The Bertz CT molecular complexity index is 839. The lowest BCUT2D eigenvalue weighted by Crippen LogP contribution is -2.19. The molecule has 7 nitrogen and oxygen atoms in total. The Morgan fingerprint density at radius 3 is 2.86 bits per heavy atom. The molecule has 1 amide bonds. The molecule has 0 aliphatic rings. The van der Waals surface area contributed by atoms with Crippen molar-refractivity contribution in [1.82, 2.24) is 25.0 Å². The predicted molar refractivity (Wildman–Crippen MR) is 86.4 cm³/mol. The number of amides is 1. The average Bonchev–Trinajstić information content (AvgIpc) is 3.11. The predicted octanol–water partition coefficient (Wildman–Crippen LogP) is 2.75. The number of nitrogens with one attached hydrogen (secondary N) is 2. The Kier molecular flexibility index (Phi) is 4.27. The lowest BCUT2D eigenvalue weighted by Gasteiger charge is -2.06. The number of nitrogens with zero attached hydrogens (tertiary/aromatic N) is 4. The van der Waals surface area contributed by atoms with Gasteiger partial charge >= 0.3 is 0 Å². The van der Waals surface area contributed by atoms with E-state index in [9.17, 15) is 4.79 Å². The van der Waals surface area contributed by atoms with Crippen molar-refractivity contribution in [2.45, 2.75) is 6.54 Å². The van der Waals surface area contributed by atoms with Gasteiger partial charge in [-0.15, -0.1) is 10.2 Å². The third kappa shape index (κ3) is 3.21. The molecule has 0 bridgehead atoms. The molecule has 0 saturated carbocycles. The molecular weight excluding hydrogens is 344 g/mol. The number of rotatable bonds is 4. The fourth-order valence-electron chi connectivity index (χ4n) is 1.81. The first-order valence-electron chi connectivity index (χ1n) is 6.10. The summed E-state index contributed by atoms with van der Waals surface area (Å²) in [5.74, 6) is 0.304. The summed E-state index contributed by atoms with van der Waals surface area (Å²) >= 11 is 12.3. The van der Waals surface area contributed by atoms with Crippen LogP contribution in [0.15, 0.2) is 29.8 Å². The molecule has 0 atom stereocenters. The van der Waals surface area contributed by atoms with E-state index in [0.29, 0.717) is 20.7 Å². The van der Waals surface area contributed by atoms with Gasteiger partial charge < -0.3 is 0 Å². The van der Waals surface area contributed by atoms with Crippen molar-refractivity contribution >= 4 is 46.2 Å². The maximum atomic E-state index is 12.1. The van der Waals surface area contributed by atoms with E-state index < -0.39 is 0 Å². The molecule has 0 radical (unpaired) electrons. The molecule has 10 heteroatoms. The number of anilines is 1. The van der Waals surface area contributed by atoms with Crippen LogP contribution in [0.2, 0.25) is 5.02 Å². The van der Waals surface area contributed by atoms with Crippen LogP contribution < -0.4 is 5.32 Å². The highest BCUT2D eigenvalue weighted by atomic mass is 35.5. The first kappa shape index (κ1) is 14.8. The van der Waals surface area contributed by atoms with Gasteiger partial charge in [0.05, 0.1) is 0 Å². The van der Waals surface area contributed by atoms with Crippen molar-refractivity contribution in [2.75, 3.05) is 5.32 Å². The zero-order valence-electron chi connectivity index (χ0n) is 11.0. The van der Waals surface area contributed by atoms with Crippen molar-refractivity contribution in [1.29, 1.82) is 0 Å². The van der Waals surface area contributed by atoms with Crippen LogP contribution in [0, 0.1) is 4.77 Å². The normalized spacial score (nSPS) is 10.6. The van der Waals surface area contributed by atoms with Crippen LogP contribution >= 0.6 is 35.2 Å². The molecule has 0 spiro atoms. The van der Waals surface area contributed by atoms with Gasteiger partial charge in [-0.2, -0.15) is 5.10 Å². The summed E-state index contributed by atoms with van der Waals surface area (Å²) in [5, 5.41) is 18.0. The van der Waals surface area contributed by atoms with Crippen molar-refractivity contribution in [3.63, 3.8) is 0 Å². The molecule has 1 aromatic carbocycles. The van der Waals surface area contributed by atoms with Crippen LogP contribution in [-0.4, -0.2) is 30.9 Å². The summed E-state index contributed by atoms with van der Waals surface area (Å²) in [6, 6.07) is 7.12. The Morgan fingerprint density at radius 1 is 1.41 bits per heavy atom. The number of aromatic amines is 1. The second-order valence-electron chi connectivity index (χ2n) is 4.24. The quantitative estimate of drug-likeness (QED) is 0.705. The van der Waals surface area contributed by atoms with Gasteiger partial charge in [-0.1, -0.05) is 22.9 Å². The maximum Gasteiger partial charge on any atom is 0.246 e. The highest BCUT2D eigenvalue weighted by Gasteiger charge is 2.13. The molecule has 3 aromatic rings. The van der Waals surface area contributed by atoms with Gasteiger partial charge in [0.1, 0.15) is 12.1 Å². The molecule has 0 unspecified atom stereocenters. The molecule has 0 aliphatic carbocycles. The standard InChI is InChI=1S/C12H9ClN6OS2/c13-8-3-1-7(2-4-8)10-16-18-12(21)19(10)5-9(20)15-11-17-14-6-22-11/h1-4,6H,5H2,(H,18,21)(H,15,17,20). The number of benzene rings is 1. The number of aromatic nitrogens is 5. The third-order valence-electron chi connectivity index (χ3n) is 2.77. The van der Waals surface area contributed by atoms with Crippen molar-refractivity contribution in [3.05, 3.63) is 39.6 Å². The first-order valence-corrected chi connectivity index (χ1v) is 7.77. The van der Waals surface area contributed by atoms with Gasteiger partial charge in [-0.3, -0.25) is 19.8 Å². The van der Waals surface area contributed by atoms with Crippen LogP contribution in [0.1, 0.15) is 0 Å². The van der Waals surface area contributed by atoms with Crippen LogP contribution in [0.3, 0.4) is 0 Å². The lowest BCUT2D eigenvalue weighted by atomic mass is 10.2. The van der Waals surface area contributed by atoms with E-state index in [4.69, 9.17) is 23.8 Å². The topological polar surface area (TPSA) is 88.5 Å². The van der Waals surface area contributed by atoms with Gasteiger partial charge in [0.25, 0.3) is 0 Å². The van der Waals surface area contributed by atoms with Crippen LogP contribution in [0.5, 0.6) is 0 Å². The van der Waals surface area contributed by atoms with Gasteiger partial charge in [0.15, 0.2) is 10.6 Å². The summed E-state index contributed by atoms with van der Waals surface area (Å²) in [6.45, 7) is 0.0207. The molecule has 2 N–H and O–H groups in total. The summed E-state index contributed by atoms with van der Waals surface area (Å²) in [6.07, 6.45) is 0. The monoisotopic (exact) mass is 352 g/mol. The van der Waals surface area contributed by atoms with Gasteiger partial charge in [-0.05, 0) is 36.5 Å². The number of carbonyl (C=O) groups is 1. The molecule has 0 saturated heterocycles. The molecule has 112 valence electrons. The highest BCUT2D eigenvalue weighted by Crippen LogP contribution is 2.20. The second-order valence-corrected chi connectivity index (χ2v) is 5.89. The van der Waals surface area contributed by atoms with Gasteiger partial charge in [0.2, 0.25) is 11.0 Å². The molecule has 22 heavy (non-hydrogen) atoms. The van der Waals surface area contributed by atoms with Crippen molar-refractivity contribution in [2.24, 2.45) is 0 Å². The van der Waals surface area contributed by atoms with E-state index in [0.717, 1.165) is 5.56 Å². The van der Waals surface area contributed by atoms with E-state index in [-0.39, 0.29) is 12.5 Å². The van der Waals surface area contributed by atoms with Crippen LogP contribution in [0.25, 0.3) is 11.4 Å². The smallest absolute Gasteiger partial charge is 0.246 e. The minimum atomic E-state index is -0.260. The SMILES string of the molecule is O=C(Cn1c(-c2ccc(Cl)cc2)n[nH]c1=S)Nc1nncs1. The number of carbonyl (C=O) groups excluding carboxylic acids is 1. The zero-order valence-corrected chi connectivity index (χ0v) is 13.4. The van der Waals surface area contributed by atoms with Gasteiger partial charge in [-0.25, -0.2) is 0 Å². The molecule has 2 aromatic heterocycles. The first-order chi connectivity index (χ1) is 10.6. The van der Waals surface area contributed by atoms with Crippen LogP contribution in [0.4, 0.5) is 5.13 Å². The summed E-state index contributed by atoms with van der Waals surface area (Å²) in [4.78, 5) is 12.1. The minimum Gasteiger partial charge on any atom is -0.299 e. The van der Waals surface area contributed by atoms with E-state index in [1.165, 1.54) is 16.8 Å². The van der Waals surface area contributed by atoms with E-state index in [2.05, 4.69) is 25.7 Å². The number of hydrogen-bond donors (Lipinski definition) is 2. The Morgan fingerprint density at radius 2 is 2.18 bits per heavy atom. The highest BCUT2D eigenvalue weighted by molar-refractivity contribution is 7.71. The summed E-state index contributed by atoms with van der Waals surface area (Å²) < 4.78 is 1.96. The van der Waals surface area contributed by atoms with E-state index in [1.807, 2.05) is 12.1 Å². The van der Waals surface area contributed by atoms with Crippen molar-refractivity contribution in [3.8, 4) is 11.4 Å². The van der Waals surface area contributed by atoms with Crippen molar-refractivity contribution < 1.29 is 4.79 Å². The molecule has 2 heterocycles. The Labute approximate surface area is 139 Å². The fraction of sp³-hybridized carbons (Fsp3) is 0.0833.